The Balaban J connectivity index is 1.74. The van der Waals surface area contributed by atoms with Gasteiger partial charge in [0.15, 0.2) is 0 Å². The Morgan fingerprint density at radius 3 is 2.82 bits per heavy atom. The van der Waals surface area contributed by atoms with Gasteiger partial charge in [0, 0.05) is 36.3 Å². The second-order valence-electron chi connectivity index (χ2n) is 7.30. The van der Waals surface area contributed by atoms with Crippen LogP contribution in [0.25, 0.3) is 0 Å². The Labute approximate surface area is 162 Å². The highest BCUT2D eigenvalue weighted by Crippen LogP contribution is 2.32. The van der Waals surface area contributed by atoms with Crippen molar-refractivity contribution >= 4 is 11.8 Å². The van der Waals surface area contributed by atoms with Gasteiger partial charge < -0.3 is 15.4 Å². The van der Waals surface area contributed by atoms with E-state index in [-0.39, 0.29) is 36.1 Å². The van der Waals surface area contributed by atoms with Gasteiger partial charge in [0.1, 0.15) is 17.9 Å². The van der Waals surface area contributed by atoms with E-state index in [1.54, 1.807) is 14.0 Å². The number of hydrogen-bond donors (Lipinski definition) is 3. The van der Waals surface area contributed by atoms with Gasteiger partial charge in [0.2, 0.25) is 11.8 Å². The number of carbonyl (C=O) groups excluding carboxylic acids is 2. The zero-order valence-electron chi connectivity index (χ0n) is 16.1. The summed E-state index contributed by atoms with van der Waals surface area (Å²) in [6.07, 6.45) is 0.433. The summed E-state index contributed by atoms with van der Waals surface area (Å²) in [5, 5.41) is 8.92. The number of hydrogen-bond acceptors (Lipinski definition) is 4. The van der Waals surface area contributed by atoms with Gasteiger partial charge in [-0.15, -0.1) is 0 Å². The minimum atomic E-state index is -0.724. The van der Waals surface area contributed by atoms with Crippen LogP contribution >= 0.6 is 0 Å². The van der Waals surface area contributed by atoms with E-state index in [2.05, 4.69) is 16.0 Å². The van der Waals surface area contributed by atoms with Gasteiger partial charge in [-0.25, -0.2) is 8.78 Å². The summed E-state index contributed by atoms with van der Waals surface area (Å²) in [5.74, 6) is -2.12. The van der Waals surface area contributed by atoms with Crippen molar-refractivity contribution in [3.63, 3.8) is 0 Å². The molecule has 28 heavy (non-hydrogen) atoms. The summed E-state index contributed by atoms with van der Waals surface area (Å²) in [6, 6.07) is 2.54. The van der Waals surface area contributed by atoms with Crippen LogP contribution in [-0.2, 0) is 14.3 Å². The van der Waals surface area contributed by atoms with Gasteiger partial charge >= 0.3 is 0 Å². The van der Waals surface area contributed by atoms with Gasteiger partial charge in [-0.3, -0.25) is 14.9 Å². The lowest BCUT2D eigenvalue weighted by atomic mass is 9.79. The molecule has 2 amide bonds. The van der Waals surface area contributed by atoms with Crippen LogP contribution in [0.1, 0.15) is 38.3 Å². The Kier molecular flexibility index (Phi) is 6.10. The lowest BCUT2D eigenvalue weighted by Crippen LogP contribution is -2.59. The minimum absolute atomic E-state index is 0.0299. The third-order valence-electron chi connectivity index (χ3n) is 5.52. The highest BCUT2D eigenvalue weighted by atomic mass is 19.1. The maximum absolute atomic E-state index is 13.9. The fraction of sp³-hybridized carbons (Fsp3) is 0.500. The third kappa shape index (κ3) is 4.07. The molecule has 152 valence electrons. The lowest BCUT2D eigenvalue weighted by molar-refractivity contribution is -0.125. The van der Waals surface area contributed by atoms with Crippen LogP contribution in [0.3, 0.4) is 0 Å². The van der Waals surface area contributed by atoms with Crippen LogP contribution in [0.15, 0.2) is 29.3 Å². The predicted molar refractivity (Wildman–Crippen MR) is 99.1 cm³/mol. The number of methoxy groups -OCH3 is 1. The molecule has 2 aliphatic rings. The molecule has 1 aromatic rings. The number of piperidine rings is 1. The molecule has 3 N–H and O–H groups in total. The molecule has 3 unspecified atom stereocenters. The van der Waals surface area contributed by atoms with Crippen LogP contribution in [0.5, 0.6) is 0 Å². The molecule has 2 aliphatic heterocycles. The number of ether oxygens (including phenoxy) is 1. The van der Waals surface area contributed by atoms with Gasteiger partial charge in [-0.1, -0.05) is 11.6 Å². The van der Waals surface area contributed by atoms with Crippen molar-refractivity contribution < 1.29 is 23.1 Å². The van der Waals surface area contributed by atoms with E-state index < -0.39 is 23.6 Å². The number of carbonyl (C=O) groups is 2. The first-order valence-electron chi connectivity index (χ1n) is 9.32. The molecule has 1 aromatic carbocycles. The summed E-state index contributed by atoms with van der Waals surface area (Å²) in [4.78, 5) is 25.0. The summed E-state index contributed by atoms with van der Waals surface area (Å²) in [6.45, 7) is 4.20. The highest BCUT2D eigenvalue weighted by Gasteiger charge is 2.41. The maximum Gasteiger partial charge on any atom is 0.247 e. The van der Waals surface area contributed by atoms with Crippen LogP contribution in [0.2, 0.25) is 0 Å². The first-order valence-corrected chi connectivity index (χ1v) is 9.32. The minimum Gasteiger partial charge on any atom is -0.366 e. The molecule has 0 radical (unpaired) electrons. The van der Waals surface area contributed by atoms with Gasteiger partial charge in [-0.05, 0) is 32.9 Å². The average Bonchev–Trinajstić information content (AvgIpc) is 2.64. The monoisotopic (exact) mass is 393 g/mol. The van der Waals surface area contributed by atoms with Crippen molar-refractivity contribution in [3.05, 3.63) is 46.5 Å². The molecule has 0 saturated carbocycles. The topological polar surface area (TPSA) is 79.5 Å². The van der Waals surface area contributed by atoms with Crippen LogP contribution in [-0.4, -0.2) is 37.7 Å². The van der Waals surface area contributed by atoms with Crippen molar-refractivity contribution in [2.75, 3.05) is 13.7 Å². The number of halogens is 2. The SMILES string of the molecule is COC1NCCC2NC(=O)C(CC(=O)N[C@@H](C)c3ccc(F)cc3F)=C(C)C21. The lowest BCUT2D eigenvalue weighted by Gasteiger charge is -2.42. The van der Waals surface area contributed by atoms with Crippen molar-refractivity contribution in [2.24, 2.45) is 5.92 Å². The van der Waals surface area contributed by atoms with E-state index in [9.17, 15) is 18.4 Å². The summed E-state index contributed by atoms with van der Waals surface area (Å²) in [7, 11) is 1.61. The second-order valence-corrected chi connectivity index (χ2v) is 7.30. The molecular formula is C20H25F2N3O3. The number of amides is 2. The van der Waals surface area contributed by atoms with Gasteiger partial charge in [0.05, 0.1) is 12.5 Å². The van der Waals surface area contributed by atoms with Crippen LogP contribution < -0.4 is 16.0 Å². The first-order chi connectivity index (χ1) is 13.3. The standard InChI is InChI=1S/C20H25F2N3O3/c1-10-14(19(27)25-16-6-7-23-20(28-3)18(10)16)9-17(26)24-11(2)13-5-4-12(21)8-15(13)22/h4-5,8,11,16,18,20,23H,6-7,9H2,1-3H3,(H,24,26)(H,25,27)/t11-,16?,18?,20?/m0/s1. The molecule has 0 spiro atoms. The predicted octanol–water partition coefficient (Wildman–Crippen LogP) is 1.93. The van der Waals surface area contributed by atoms with Crippen molar-refractivity contribution in [1.29, 1.82) is 0 Å². The molecule has 0 aromatic heterocycles. The number of rotatable bonds is 5. The fourth-order valence-corrected chi connectivity index (χ4v) is 4.06. The highest BCUT2D eigenvalue weighted by molar-refractivity contribution is 6.00. The molecule has 1 saturated heterocycles. The quantitative estimate of drug-likeness (QED) is 0.714. The van der Waals surface area contributed by atoms with E-state index in [0.717, 1.165) is 30.7 Å². The van der Waals surface area contributed by atoms with Crippen molar-refractivity contribution in [2.45, 2.75) is 45.0 Å². The molecule has 4 atom stereocenters. The number of fused-ring (bicyclic) bond motifs is 1. The molecule has 1 fully saturated rings. The average molecular weight is 393 g/mol. The van der Waals surface area contributed by atoms with E-state index in [1.165, 1.54) is 6.07 Å². The molecule has 0 aliphatic carbocycles. The fourth-order valence-electron chi connectivity index (χ4n) is 4.06. The number of benzene rings is 1. The van der Waals surface area contributed by atoms with E-state index >= 15 is 0 Å². The second kappa shape index (κ2) is 8.36. The smallest absolute Gasteiger partial charge is 0.247 e. The molecule has 6 nitrogen and oxygen atoms in total. The van der Waals surface area contributed by atoms with Crippen molar-refractivity contribution in [1.82, 2.24) is 16.0 Å². The molecule has 2 heterocycles. The summed E-state index contributed by atoms with van der Waals surface area (Å²) < 4.78 is 32.5. The molecule has 8 heteroatoms. The van der Waals surface area contributed by atoms with E-state index in [4.69, 9.17) is 4.74 Å². The molecule has 3 rings (SSSR count). The molecular weight excluding hydrogens is 368 g/mol. The normalized spacial score (nSPS) is 25.8. The Morgan fingerprint density at radius 2 is 2.14 bits per heavy atom. The Bertz CT molecular complexity index is 812. The summed E-state index contributed by atoms with van der Waals surface area (Å²) >= 11 is 0. The zero-order valence-corrected chi connectivity index (χ0v) is 16.1. The van der Waals surface area contributed by atoms with Crippen molar-refractivity contribution in [3.8, 4) is 0 Å². The Morgan fingerprint density at radius 1 is 1.39 bits per heavy atom. The largest absolute Gasteiger partial charge is 0.366 e. The molecule has 0 bridgehead atoms. The van der Waals surface area contributed by atoms with Crippen LogP contribution in [0, 0.1) is 17.6 Å². The van der Waals surface area contributed by atoms with E-state index in [1.807, 2.05) is 6.92 Å². The Hall–Kier alpha value is -2.32. The third-order valence-corrected chi connectivity index (χ3v) is 5.52. The number of nitrogens with one attached hydrogen (secondary N) is 3. The van der Waals surface area contributed by atoms with E-state index in [0.29, 0.717) is 5.57 Å². The van der Waals surface area contributed by atoms with Gasteiger partial charge in [0.25, 0.3) is 0 Å². The van der Waals surface area contributed by atoms with Crippen LogP contribution in [0.4, 0.5) is 8.78 Å². The van der Waals surface area contributed by atoms with Gasteiger partial charge in [-0.2, -0.15) is 0 Å². The summed E-state index contributed by atoms with van der Waals surface area (Å²) in [5.41, 5.74) is 1.41. The zero-order chi connectivity index (χ0) is 20.4. The first kappa shape index (κ1) is 20.4. The maximum atomic E-state index is 13.9.